The third-order valence-electron chi connectivity index (χ3n) is 2.93. The number of likely N-dealkylation sites (N-methyl/N-ethyl adjacent to an activating group) is 1. The van der Waals surface area contributed by atoms with E-state index < -0.39 is 0 Å². The van der Waals surface area contributed by atoms with E-state index in [0.29, 0.717) is 6.54 Å². The smallest absolute Gasteiger partial charge is 0.242 e. The maximum Gasteiger partial charge on any atom is 0.242 e. The van der Waals surface area contributed by atoms with Gasteiger partial charge in [0.15, 0.2) is 0 Å². The summed E-state index contributed by atoms with van der Waals surface area (Å²) in [6.07, 6.45) is 1.68. The summed E-state index contributed by atoms with van der Waals surface area (Å²) in [5.41, 5.74) is 0.958. The minimum atomic E-state index is -0.0301. The van der Waals surface area contributed by atoms with Crippen molar-refractivity contribution in [2.24, 2.45) is 0 Å². The van der Waals surface area contributed by atoms with E-state index in [1.807, 2.05) is 12.1 Å². The van der Waals surface area contributed by atoms with Gasteiger partial charge in [0.1, 0.15) is 12.4 Å². The molecule has 6 heteroatoms. The lowest BCUT2D eigenvalue weighted by atomic mass is 10.2. The Morgan fingerprint density at radius 1 is 1.33 bits per heavy atom. The molecule has 0 radical (unpaired) electrons. The third kappa shape index (κ3) is 2.58. The van der Waals surface area contributed by atoms with Crippen molar-refractivity contribution in [2.45, 2.75) is 6.54 Å². The molecule has 2 amide bonds. The van der Waals surface area contributed by atoms with Crippen molar-refractivity contribution in [1.29, 1.82) is 0 Å². The fraction of sp³-hybridized carbons (Fsp3) is 0.417. The molecule has 0 spiro atoms. The summed E-state index contributed by atoms with van der Waals surface area (Å²) in [6, 6.07) is 3.72. The van der Waals surface area contributed by atoms with E-state index in [0.717, 1.165) is 11.4 Å². The molecule has 0 aromatic carbocycles. The van der Waals surface area contributed by atoms with Gasteiger partial charge in [-0.15, -0.1) is 0 Å². The molecule has 1 fully saturated rings. The highest BCUT2D eigenvalue weighted by Crippen LogP contribution is 2.11. The van der Waals surface area contributed by atoms with Crippen LogP contribution < -0.4 is 5.32 Å². The van der Waals surface area contributed by atoms with E-state index in [1.165, 1.54) is 4.90 Å². The van der Waals surface area contributed by atoms with Gasteiger partial charge in [0.05, 0.1) is 6.54 Å². The van der Waals surface area contributed by atoms with Crippen LogP contribution in [-0.4, -0.2) is 53.8 Å². The molecule has 6 nitrogen and oxygen atoms in total. The van der Waals surface area contributed by atoms with Crippen molar-refractivity contribution in [2.75, 3.05) is 32.5 Å². The standard InChI is InChI=1S/C12H16N4O2/c1-13-10-5-9(3-4-14-10)6-16-8-11(17)15(2)7-12(16)18/h3-5H,6-8H2,1-2H3,(H,13,14). The Labute approximate surface area is 106 Å². The number of amides is 2. The average molecular weight is 248 g/mol. The number of rotatable bonds is 3. The molecule has 96 valence electrons. The largest absolute Gasteiger partial charge is 0.373 e. The Hall–Kier alpha value is -2.11. The maximum atomic E-state index is 11.8. The van der Waals surface area contributed by atoms with Gasteiger partial charge in [-0.05, 0) is 17.7 Å². The Morgan fingerprint density at radius 2 is 2.11 bits per heavy atom. The van der Waals surface area contributed by atoms with Crippen LogP contribution in [0.5, 0.6) is 0 Å². The van der Waals surface area contributed by atoms with E-state index in [2.05, 4.69) is 10.3 Å². The first-order valence-electron chi connectivity index (χ1n) is 5.74. The van der Waals surface area contributed by atoms with Gasteiger partial charge in [-0.1, -0.05) is 0 Å². The minimum absolute atomic E-state index is 0.0279. The summed E-state index contributed by atoms with van der Waals surface area (Å²) in [7, 11) is 3.43. The van der Waals surface area contributed by atoms with Crippen molar-refractivity contribution in [3.05, 3.63) is 23.9 Å². The molecule has 0 unspecified atom stereocenters. The van der Waals surface area contributed by atoms with Gasteiger partial charge in [-0.2, -0.15) is 0 Å². The maximum absolute atomic E-state index is 11.8. The second-order valence-corrected chi connectivity index (χ2v) is 4.30. The average Bonchev–Trinajstić information content (AvgIpc) is 2.36. The zero-order valence-electron chi connectivity index (χ0n) is 10.5. The number of aromatic nitrogens is 1. The van der Waals surface area contributed by atoms with Crippen LogP contribution in [0.1, 0.15) is 5.56 Å². The van der Waals surface area contributed by atoms with Gasteiger partial charge in [0.25, 0.3) is 0 Å². The molecule has 0 atom stereocenters. The summed E-state index contributed by atoms with van der Waals surface area (Å²) >= 11 is 0. The fourth-order valence-corrected chi connectivity index (χ4v) is 1.84. The van der Waals surface area contributed by atoms with E-state index in [4.69, 9.17) is 0 Å². The lowest BCUT2D eigenvalue weighted by Crippen LogP contribution is -2.51. The van der Waals surface area contributed by atoms with Crippen molar-refractivity contribution in [1.82, 2.24) is 14.8 Å². The summed E-state index contributed by atoms with van der Waals surface area (Å²) in [5.74, 6) is 0.692. The molecule has 2 heterocycles. The zero-order chi connectivity index (χ0) is 13.1. The van der Waals surface area contributed by atoms with Crippen LogP contribution in [0.4, 0.5) is 5.82 Å². The van der Waals surface area contributed by atoms with Crippen LogP contribution in [0, 0.1) is 0 Å². The SMILES string of the molecule is CNc1cc(CN2CC(=O)N(C)CC2=O)ccn1. The Morgan fingerprint density at radius 3 is 2.83 bits per heavy atom. The monoisotopic (exact) mass is 248 g/mol. The quantitative estimate of drug-likeness (QED) is 0.813. The zero-order valence-corrected chi connectivity index (χ0v) is 10.5. The number of anilines is 1. The molecule has 2 rings (SSSR count). The highest BCUT2D eigenvalue weighted by molar-refractivity contribution is 5.92. The van der Waals surface area contributed by atoms with E-state index in [-0.39, 0.29) is 24.9 Å². The van der Waals surface area contributed by atoms with Gasteiger partial charge in [-0.25, -0.2) is 4.98 Å². The molecule has 1 aliphatic heterocycles. The summed E-state index contributed by atoms with van der Waals surface area (Å²) in [6.45, 7) is 0.741. The Kier molecular flexibility index (Phi) is 3.45. The van der Waals surface area contributed by atoms with Crippen LogP contribution in [0.25, 0.3) is 0 Å². The molecule has 18 heavy (non-hydrogen) atoms. The second kappa shape index (κ2) is 5.03. The molecular formula is C12H16N4O2. The second-order valence-electron chi connectivity index (χ2n) is 4.30. The van der Waals surface area contributed by atoms with Crippen LogP contribution in [0.3, 0.4) is 0 Å². The first-order chi connectivity index (χ1) is 8.60. The molecular weight excluding hydrogens is 232 g/mol. The molecule has 1 aliphatic rings. The number of pyridine rings is 1. The molecule has 1 aromatic rings. The summed E-state index contributed by atoms with van der Waals surface area (Å²) < 4.78 is 0. The number of hydrogen-bond acceptors (Lipinski definition) is 4. The fourth-order valence-electron chi connectivity index (χ4n) is 1.84. The van der Waals surface area contributed by atoms with Gasteiger partial charge >= 0.3 is 0 Å². The van der Waals surface area contributed by atoms with E-state index in [1.54, 1.807) is 25.2 Å². The number of piperazine rings is 1. The van der Waals surface area contributed by atoms with Crippen LogP contribution in [-0.2, 0) is 16.1 Å². The first kappa shape index (κ1) is 12.3. The van der Waals surface area contributed by atoms with Gasteiger partial charge < -0.3 is 15.1 Å². The van der Waals surface area contributed by atoms with E-state index in [9.17, 15) is 9.59 Å². The molecule has 1 saturated heterocycles. The highest BCUT2D eigenvalue weighted by atomic mass is 16.2. The van der Waals surface area contributed by atoms with Crippen molar-refractivity contribution in [3.63, 3.8) is 0 Å². The minimum Gasteiger partial charge on any atom is -0.373 e. The summed E-state index contributed by atoms with van der Waals surface area (Å²) in [4.78, 5) is 30.5. The predicted molar refractivity (Wildman–Crippen MR) is 66.8 cm³/mol. The first-order valence-corrected chi connectivity index (χ1v) is 5.74. The number of carbonyl (C=O) groups excluding carboxylic acids is 2. The molecule has 0 bridgehead atoms. The predicted octanol–water partition coefficient (Wildman–Crippen LogP) is -0.0761. The van der Waals surface area contributed by atoms with Crippen molar-refractivity contribution in [3.8, 4) is 0 Å². The number of nitrogens with one attached hydrogen (secondary N) is 1. The lowest BCUT2D eigenvalue weighted by Gasteiger charge is -2.31. The molecule has 1 N–H and O–H groups in total. The van der Waals surface area contributed by atoms with Gasteiger partial charge in [0.2, 0.25) is 11.8 Å². The Balaban J connectivity index is 2.08. The number of hydrogen-bond donors (Lipinski definition) is 1. The molecule has 0 saturated carbocycles. The third-order valence-corrected chi connectivity index (χ3v) is 2.93. The molecule has 0 aliphatic carbocycles. The van der Waals surface area contributed by atoms with Gasteiger partial charge in [0, 0.05) is 26.8 Å². The molecule has 1 aromatic heterocycles. The summed E-state index contributed by atoms with van der Waals surface area (Å²) in [5, 5.41) is 2.94. The van der Waals surface area contributed by atoms with Crippen LogP contribution in [0.15, 0.2) is 18.3 Å². The van der Waals surface area contributed by atoms with Crippen LogP contribution >= 0.6 is 0 Å². The van der Waals surface area contributed by atoms with Crippen molar-refractivity contribution < 1.29 is 9.59 Å². The lowest BCUT2D eigenvalue weighted by molar-refractivity contribution is -0.149. The number of nitrogens with zero attached hydrogens (tertiary/aromatic N) is 3. The van der Waals surface area contributed by atoms with Crippen molar-refractivity contribution >= 4 is 17.6 Å². The number of carbonyl (C=O) groups is 2. The Bertz CT molecular complexity index is 475. The highest BCUT2D eigenvalue weighted by Gasteiger charge is 2.27. The van der Waals surface area contributed by atoms with Crippen LogP contribution in [0.2, 0.25) is 0 Å². The topological polar surface area (TPSA) is 65.5 Å². The normalized spacial score (nSPS) is 16.1. The van der Waals surface area contributed by atoms with Gasteiger partial charge in [-0.3, -0.25) is 9.59 Å². The van der Waals surface area contributed by atoms with E-state index >= 15 is 0 Å².